The van der Waals surface area contributed by atoms with Crippen LogP contribution >= 0.6 is 0 Å². The highest BCUT2D eigenvalue weighted by Crippen LogP contribution is 2.41. The van der Waals surface area contributed by atoms with Gasteiger partial charge in [0, 0.05) is 12.2 Å². The number of rotatable bonds is 1. The van der Waals surface area contributed by atoms with E-state index >= 15 is 0 Å². The van der Waals surface area contributed by atoms with Crippen LogP contribution in [0.15, 0.2) is 11.8 Å². The molecule has 2 aliphatic rings. The fourth-order valence-electron chi connectivity index (χ4n) is 1.95. The molecule has 1 aliphatic carbocycles. The van der Waals surface area contributed by atoms with E-state index < -0.39 is 11.1 Å². The Bertz CT molecular complexity index is 336. The summed E-state index contributed by atoms with van der Waals surface area (Å²) in [6, 6.07) is 0. The van der Waals surface area contributed by atoms with Gasteiger partial charge in [-0.05, 0) is 25.3 Å². The Kier molecular flexibility index (Phi) is 2.90. The van der Waals surface area contributed by atoms with Crippen molar-refractivity contribution in [3.8, 4) is 0 Å². The second-order valence-electron chi connectivity index (χ2n) is 3.79. The molecule has 1 aliphatic heterocycles. The zero-order chi connectivity index (χ0) is 10.9. The maximum atomic E-state index is 10.7. The van der Waals surface area contributed by atoms with E-state index in [0.29, 0.717) is 13.2 Å². The molecule has 1 atom stereocenters. The predicted molar refractivity (Wildman–Crippen MR) is 57.1 cm³/mol. The molecule has 0 aromatic heterocycles. The number of hydrogen-bond acceptors (Lipinski definition) is 4. The standard InChI is InChI=1S/C9H14N2O3S/c10-8(15(12)13)6-7-9(2-1-3-9)14-5-4-11-7/h6,10-11H,1-5H2,(H,12,13)/b7-6-,10-8?. The van der Waals surface area contributed by atoms with Gasteiger partial charge in [-0.15, -0.1) is 0 Å². The second kappa shape index (κ2) is 4.03. The topological polar surface area (TPSA) is 82.4 Å². The lowest BCUT2D eigenvalue weighted by atomic mass is 9.76. The molecule has 1 unspecified atom stereocenters. The summed E-state index contributed by atoms with van der Waals surface area (Å²) in [6.45, 7) is 1.35. The van der Waals surface area contributed by atoms with Crippen molar-refractivity contribution < 1.29 is 13.5 Å². The molecule has 1 spiro atoms. The van der Waals surface area contributed by atoms with Crippen molar-refractivity contribution in [1.29, 1.82) is 5.41 Å². The van der Waals surface area contributed by atoms with Crippen molar-refractivity contribution in [2.24, 2.45) is 0 Å². The third-order valence-electron chi connectivity index (χ3n) is 2.91. The van der Waals surface area contributed by atoms with Crippen LogP contribution in [0.3, 0.4) is 0 Å². The number of nitrogens with one attached hydrogen (secondary N) is 2. The van der Waals surface area contributed by atoms with Crippen molar-refractivity contribution >= 4 is 16.1 Å². The van der Waals surface area contributed by atoms with Crippen molar-refractivity contribution in [3.63, 3.8) is 0 Å². The SMILES string of the molecule is N=C(/C=C1\NCCOC12CCC2)S(=O)O. The van der Waals surface area contributed by atoms with Gasteiger partial charge in [-0.2, -0.15) is 0 Å². The van der Waals surface area contributed by atoms with Gasteiger partial charge >= 0.3 is 0 Å². The van der Waals surface area contributed by atoms with Gasteiger partial charge < -0.3 is 14.6 Å². The zero-order valence-corrected chi connectivity index (χ0v) is 9.10. The van der Waals surface area contributed by atoms with E-state index in [1.165, 1.54) is 6.08 Å². The molecule has 5 nitrogen and oxygen atoms in total. The highest BCUT2D eigenvalue weighted by molar-refractivity contribution is 7.95. The van der Waals surface area contributed by atoms with Gasteiger partial charge in [0.25, 0.3) is 0 Å². The van der Waals surface area contributed by atoms with Crippen LogP contribution in [0.2, 0.25) is 0 Å². The molecule has 0 aromatic carbocycles. The van der Waals surface area contributed by atoms with Crippen LogP contribution < -0.4 is 5.32 Å². The van der Waals surface area contributed by atoms with Crippen LogP contribution in [-0.2, 0) is 15.8 Å². The van der Waals surface area contributed by atoms with Crippen molar-refractivity contribution in [1.82, 2.24) is 5.32 Å². The molecule has 0 aromatic rings. The van der Waals surface area contributed by atoms with Crippen LogP contribution in [0.25, 0.3) is 0 Å². The van der Waals surface area contributed by atoms with Gasteiger partial charge in [-0.3, -0.25) is 5.41 Å². The molecular weight excluding hydrogens is 216 g/mol. The van der Waals surface area contributed by atoms with Crippen molar-refractivity contribution in [3.05, 3.63) is 11.8 Å². The summed E-state index contributed by atoms with van der Waals surface area (Å²) in [7, 11) is 0. The molecule has 6 heteroatoms. The van der Waals surface area contributed by atoms with E-state index in [0.717, 1.165) is 25.0 Å². The van der Waals surface area contributed by atoms with Crippen LogP contribution in [-0.4, -0.2) is 32.6 Å². The van der Waals surface area contributed by atoms with Gasteiger partial charge in [-0.1, -0.05) is 0 Å². The predicted octanol–water partition coefficient (Wildman–Crippen LogP) is 0.612. The fourth-order valence-corrected chi connectivity index (χ4v) is 2.17. The van der Waals surface area contributed by atoms with Crippen molar-refractivity contribution in [2.45, 2.75) is 24.9 Å². The molecule has 1 saturated heterocycles. The summed E-state index contributed by atoms with van der Waals surface area (Å²) >= 11 is -2.21. The van der Waals surface area contributed by atoms with E-state index in [2.05, 4.69) is 5.32 Å². The summed E-state index contributed by atoms with van der Waals surface area (Å²) in [4.78, 5) is 0. The van der Waals surface area contributed by atoms with Crippen LogP contribution in [0.5, 0.6) is 0 Å². The third-order valence-corrected chi connectivity index (χ3v) is 3.41. The first-order chi connectivity index (χ1) is 7.14. The Hall–Kier alpha value is -0.720. The monoisotopic (exact) mass is 230 g/mol. The number of hydrogen-bond donors (Lipinski definition) is 3. The van der Waals surface area contributed by atoms with Gasteiger partial charge in [0.15, 0.2) is 0 Å². The van der Waals surface area contributed by atoms with Crippen LogP contribution in [0, 0.1) is 5.41 Å². The van der Waals surface area contributed by atoms with E-state index in [9.17, 15) is 4.21 Å². The average molecular weight is 230 g/mol. The Morgan fingerprint density at radius 2 is 2.40 bits per heavy atom. The van der Waals surface area contributed by atoms with E-state index in [4.69, 9.17) is 14.7 Å². The minimum atomic E-state index is -2.21. The van der Waals surface area contributed by atoms with E-state index in [1.807, 2.05) is 0 Å². The molecule has 0 bridgehead atoms. The van der Waals surface area contributed by atoms with Gasteiger partial charge in [-0.25, -0.2) is 4.21 Å². The molecule has 0 amide bonds. The first kappa shape index (κ1) is 10.8. The Morgan fingerprint density at radius 3 is 2.93 bits per heavy atom. The summed E-state index contributed by atoms with van der Waals surface area (Å²) < 4.78 is 25.1. The maximum absolute atomic E-state index is 10.7. The quantitative estimate of drug-likeness (QED) is 0.350. The third kappa shape index (κ3) is 1.97. The van der Waals surface area contributed by atoms with E-state index in [1.54, 1.807) is 0 Å². The molecule has 1 heterocycles. The zero-order valence-electron chi connectivity index (χ0n) is 8.28. The van der Waals surface area contributed by atoms with Gasteiger partial charge in [0.05, 0.1) is 6.61 Å². The smallest absolute Gasteiger partial charge is 0.205 e. The molecule has 1 saturated carbocycles. The Balaban J connectivity index is 2.18. The molecule has 2 fully saturated rings. The summed E-state index contributed by atoms with van der Waals surface area (Å²) in [5.41, 5.74) is 0.483. The lowest BCUT2D eigenvalue weighted by Gasteiger charge is -2.46. The van der Waals surface area contributed by atoms with Crippen LogP contribution in [0.1, 0.15) is 19.3 Å². The molecular formula is C9H14N2O3S. The molecule has 2 rings (SSSR count). The lowest BCUT2D eigenvalue weighted by molar-refractivity contribution is -0.0895. The van der Waals surface area contributed by atoms with Crippen LogP contribution in [0.4, 0.5) is 0 Å². The van der Waals surface area contributed by atoms with Gasteiger partial charge in [0.2, 0.25) is 11.1 Å². The molecule has 15 heavy (non-hydrogen) atoms. The average Bonchev–Trinajstić information content (AvgIpc) is 2.16. The largest absolute Gasteiger partial charge is 0.384 e. The van der Waals surface area contributed by atoms with E-state index in [-0.39, 0.29) is 10.6 Å². The Labute approximate surface area is 90.7 Å². The number of ether oxygens (including phenoxy) is 1. The summed E-state index contributed by atoms with van der Waals surface area (Å²) in [5.74, 6) is 0. The first-order valence-corrected chi connectivity index (χ1v) is 6.04. The number of morpholine rings is 1. The minimum absolute atomic E-state index is 0.283. The normalized spacial score (nSPS) is 28.2. The highest BCUT2D eigenvalue weighted by atomic mass is 32.2. The second-order valence-corrected chi connectivity index (χ2v) is 4.73. The lowest BCUT2D eigenvalue weighted by Crippen LogP contribution is -2.52. The minimum Gasteiger partial charge on any atom is -0.384 e. The van der Waals surface area contributed by atoms with Crippen molar-refractivity contribution in [2.75, 3.05) is 13.2 Å². The summed E-state index contributed by atoms with van der Waals surface area (Å²) in [5, 5.41) is 10.2. The molecule has 0 radical (unpaired) electrons. The highest BCUT2D eigenvalue weighted by Gasteiger charge is 2.43. The fraction of sp³-hybridized carbons (Fsp3) is 0.667. The Morgan fingerprint density at radius 1 is 1.67 bits per heavy atom. The summed E-state index contributed by atoms with van der Waals surface area (Å²) in [6.07, 6.45) is 4.39. The first-order valence-electron chi connectivity index (χ1n) is 4.93. The molecule has 3 N–H and O–H groups in total. The maximum Gasteiger partial charge on any atom is 0.205 e. The van der Waals surface area contributed by atoms with Gasteiger partial charge in [0.1, 0.15) is 10.6 Å². The molecule has 84 valence electrons.